The summed E-state index contributed by atoms with van der Waals surface area (Å²) in [5, 5.41) is 3.40. The Balaban J connectivity index is 0.00000200. The molecule has 1 fully saturated rings. The number of nitrogens with zero attached hydrogens (tertiary/aromatic N) is 1. The second kappa shape index (κ2) is 8.50. The molecule has 0 saturated carbocycles. The van der Waals surface area contributed by atoms with E-state index >= 15 is 0 Å². The standard InChI is InChI=1S/C16H26N2O.ClH/c1-4-13-10-16(19-3)8-7-14(13)11-18-9-5-6-15(12-18)17-2;/h7-8,10,15,17H,4-6,9,11-12H2,1-3H3;1H. The molecule has 0 radical (unpaired) electrons. The van der Waals surface area contributed by atoms with Gasteiger partial charge in [0.2, 0.25) is 0 Å². The molecule has 1 N–H and O–H groups in total. The Morgan fingerprint density at radius 2 is 2.15 bits per heavy atom. The molecule has 0 amide bonds. The van der Waals surface area contributed by atoms with Crippen molar-refractivity contribution >= 4 is 12.4 Å². The summed E-state index contributed by atoms with van der Waals surface area (Å²) in [5.74, 6) is 0.965. The molecule has 0 aliphatic carbocycles. The summed E-state index contributed by atoms with van der Waals surface area (Å²) in [5.41, 5.74) is 2.85. The van der Waals surface area contributed by atoms with E-state index in [1.165, 1.54) is 30.5 Å². The Labute approximate surface area is 129 Å². The Morgan fingerprint density at radius 3 is 2.80 bits per heavy atom. The maximum atomic E-state index is 5.31. The molecule has 1 aromatic rings. The molecule has 3 nitrogen and oxygen atoms in total. The van der Waals surface area contributed by atoms with Crippen molar-refractivity contribution in [1.82, 2.24) is 10.2 Å². The predicted molar refractivity (Wildman–Crippen MR) is 87.0 cm³/mol. The van der Waals surface area contributed by atoms with Crippen LogP contribution in [0.5, 0.6) is 5.75 Å². The second-order valence-electron chi connectivity index (χ2n) is 5.35. The fourth-order valence-electron chi connectivity index (χ4n) is 2.89. The van der Waals surface area contributed by atoms with Crippen LogP contribution >= 0.6 is 12.4 Å². The summed E-state index contributed by atoms with van der Waals surface area (Å²) >= 11 is 0. The highest BCUT2D eigenvalue weighted by Gasteiger charge is 2.19. The average molecular weight is 299 g/mol. The first-order valence-electron chi connectivity index (χ1n) is 7.32. The van der Waals surface area contributed by atoms with Gasteiger partial charge in [-0.15, -0.1) is 12.4 Å². The van der Waals surface area contributed by atoms with Crippen LogP contribution in [0, 0.1) is 0 Å². The summed E-state index contributed by atoms with van der Waals surface area (Å²) in [6.45, 7) is 5.65. The monoisotopic (exact) mass is 298 g/mol. The van der Waals surface area contributed by atoms with E-state index in [-0.39, 0.29) is 12.4 Å². The molecule has 20 heavy (non-hydrogen) atoms. The topological polar surface area (TPSA) is 24.5 Å². The van der Waals surface area contributed by atoms with Crippen LogP contribution in [-0.2, 0) is 13.0 Å². The number of rotatable bonds is 5. The molecule has 1 aromatic carbocycles. The molecule has 114 valence electrons. The molecule has 2 rings (SSSR count). The summed E-state index contributed by atoms with van der Waals surface area (Å²) < 4.78 is 5.31. The van der Waals surface area contributed by atoms with Crippen LogP contribution < -0.4 is 10.1 Å². The molecule has 1 aliphatic rings. The second-order valence-corrected chi connectivity index (χ2v) is 5.35. The lowest BCUT2D eigenvalue weighted by Gasteiger charge is -2.33. The van der Waals surface area contributed by atoms with Gasteiger partial charge in [0, 0.05) is 19.1 Å². The zero-order chi connectivity index (χ0) is 13.7. The van der Waals surface area contributed by atoms with E-state index in [1.54, 1.807) is 7.11 Å². The fraction of sp³-hybridized carbons (Fsp3) is 0.625. The molecular weight excluding hydrogens is 272 g/mol. The van der Waals surface area contributed by atoms with Crippen LogP contribution in [0.2, 0.25) is 0 Å². The van der Waals surface area contributed by atoms with Crippen LogP contribution in [0.4, 0.5) is 0 Å². The Morgan fingerprint density at radius 1 is 1.35 bits per heavy atom. The third kappa shape index (κ3) is 4.37. The first kappa shape index (κ1) is 17.3. The highest BCUT2D eigenvalue weighted by atomic mass is 35.5. The van der Waals surface area contributed by atoms with Crippen LogP contribution in [0.25, 0.3) is 0 Å². The number of likely N-dealkylation sites (tertiary alicyclic amines) is 1. The van der Waals surface area contributed by atoms with E-state index < -0.39 is 0 Å². The molecule has 0 bridgehead atoms. The lowest BCUT2D eigenvalue weighted by Crippen LogP contribution is -2.43. The van der Waals surface area contributed by atoms with E-state index in [0.29, 0.717) is 6.04 Å². The lowest BCUT2D eigenvalue weighted by molar-refractivity contribution is 0.187. The SMILES string of the molecule is CCc1cc(OC)ccc1CN1CCCC(NC)C1.Cl. The minimum atomic E-state index is 0. The van der Waals surface area contributed by atoms with E-state index in [2.05, 4.69) is 42.4 Å². The van der Waals surface area contributed by atoms with Crippen molar-refractivity contribution in [2.24, 2.45) is 0 Å². The minimum absolute atomic E-state index is 0. The van der Waals surface area contributed by atoms with Crippen molar-refractivity contribution in [1.29, 1.82) is 0 Å². The van der Waals surface area contributed by atoms with Gasteiger partial charge in [-0.1, -0.05) is 13.0 Å². The molecule has 0 spiro atoms. The van der Waals surface area contributed by atoms with Gasteiger partial charge in [-0.05, 0) is 56.1 Å². The molecular formula is C16H27ClN2O. The molecule has 1 atom stereocenters. The number of piperidine rings is 1. The van der Waals surface area contributed by atoms with Gasteiger partial charge in [0.15, 0.2) is 0 Å². The van der Waals surface area contributed by atoms with Gasteiger partial charge < -0.3 is 10.1 Å². The third-order valence-electron chi connectivity index (χ3n) is 4.10. The quantitative estimate of drug-likeness (QED) is 0.905. The van der Waals surface area contributed by atoms with Crippen LogP contribution in [0.3, 0.4) is 0 Å². The first-order chi connectivity index (χ1) is 9.26. The molecule has 1 saturated heterocycles. The number of halogens is 1. The minimum Gasteiger partial charge on any atom is -0.497 e. The predicted octanol–water partition coefficient (Wildman–Crippen LogP) is 2.86. The van der Waals surface area contributed by atoms with Gasteiger partial charge in [0.25, 0.3) is 0 Å². The van der Waals surface area contributed by atoms with Crippen molar-refractivity contribution in [2.45, 2.75) is 38.8 Å². The first-order valence-corrected chi connectivity index (χ1v) is 7.32. The van der Waals surface area contributed by atoms with Crippen molar-refractivity contribution in [3.05, 3.63) is 29.3 Å². The number of aryl methyl sites for hydroxylation is 1. The Hall–Kier alpha value is -0.770. The molecule has 0 aromatic heterocycles. The number of methoxy groups -OCH3 is 1. The van der Waals surface area contributed by atoms with Gasteiger partial charge in [0.05, 0.1) is 7.11 Å². The number of hydrogen-bond donors (Lipinski definition) is 1. The summed E-state index contributed by atoms with van der Waals surface area (Å²) in [6, 6.07) is 7.13. The number of nitrogens with one attached hydrogen (secondary N) is 1. The van der Waals surface area contributed by atoms with Gasteiger partial charge in [0.1, 0.15) is 5.75 Å². The van der Waals surface area contributed by atoms with Gasteiger partial charge >= 0.3 is 0 Å². The van der Waals surface area contributed by atoms with Crippen LogP contribution in [0.15, 0.2) is 18.2 Å². The van der Waals surface area contributed by atoms with E-state index in [9.17, 15) is 0 Å². The highest BCUT2D eigenvalue weighted by Crippen LogP contribution is 2.21. The number of benzene rings is 1. The molecule has 1 heterocycles. The van der Waals surface area contributed by atoms with Crippen molar-refractivity contribution in [2.75, 3.05) is 27.2 Å². The lowest BCUT2D eigenvalue weighted by atomic mass is 10.0. The zero-order valence-electron chi connectivity index (χ0n) is 12.8. The van der Waals surface area contributed by atoms with Gasteiger partial charge in [-0.2, -0.15) is 0 Å². The number of ether oxygens (including phenoxy) is 1. The van der Waals surface area contributed by atoms with Crippen molar-refractivity contribution < 1.29 is 4.74 Å². The van der Waals surface area contributed by atoms with E-state index in [0.717, 1.165) is 25.3 Å². The van der Waals surface area contributed by atoms with Gasteiger partial charge in [-0.3, -0.25) is 4.90 Å². The third-order valence-corrected chi connectivity index (χ3v) is 4.10. The van der Waals surface area contributed by atoms with Crippen LogP contribution in [0.1, 0.15) is 30.9 Å². The van der Waals surface area contributed by atoms with Crippen molar-refractivity contribution in [3.63, 3.8) is 0 Å². The largest absolute Gasteiger partial charge is 0.497 e. The average Bonchev–Trinajstić information content (AvgIpc) is 2.48. The summed E-state index contributed by atoms with van der Waals surface area (Å²) in [6.07, 6.45) is 3.66. The molecule has 1 aliphatic heterocycles. The fourth-order valence-corrected chi connectivity index (χ4v) is 2.89. The van der Waals surface area contributed by atoms with Crippen molar-refractivity contribution in [3.8, 4) is 5.75 Å². The highest BCUT2D eigenvalue weighted by molar-refractivity contribution is 5.85. The number of hydrogen-bond acceptors (Lipinski definition) is 3. The Kier molecular flexibility index (Phi) is 7.35. The summed E-state index contributed by atoms with van der Waals surface area (Å²) in [4.78, 5) is 2.56. The van der Waals surface area contributed by atoms with E-state index in [1.807, 2.05) is 0 Å². The zero-order valence-corrected chi connectivity index (χ0v) is 13.6. The van der Waals surface area contributed by atoms with Crippen LogP contribution in [-0.4, -0.2) is 38.2 Å². The molecule has 1 unspecified atom stereocenters. The van der Waals surface area contributed by atoms with E-state index in [4.69, 9.17) is 4.74 Å². The summed E-state index contributed by atoms with van der Waals surface area (Å²) in [7, 11) is 3.80. The van der Waals surface area contributed by atoms with Gasteiger partial charge in [-0.25, -0.2) is 0 Å². The Bertz CT molecular complexity index is 411. The normalized spacial score (nSPS) is 19.4. The smallest absolute Gasteiger partial charge is 0.119 e. The maximum Gasteiger partial charge on any atom is 0.119 e. The number of likely N-dealkylation sites (N-methyl/N-ethyl adjacent to an activating group) is 1. The molecule has 4 heteroatoms. The maximum absolute atomic E-state index is 5.31.